The highest BCUT2D eigenvalue weighted by atomic mass is 35.5. The minimum Gasteiger partial charge on any atom is -0.373 e. The molecule has 0 amide bonds. The summed E-state index contributed by atoms with van der Waals surface area (Å²) in [7, 11) is 1.63. The fraction of sp³-hybridized carbons (Fsp3) is 0.565. The average Bonchev–Trinajstić information content (AvgIpc) is 3.41. The molecule has 5 rings (SSSR count). The molecule has 7 nitrogen and oxygen atoms in total. The Morgan fingerprint density at radius 3 is 2.58 bits per heavy atom. The van der Waals surface area contributed by atoms with Gasteiger partial charge in [-0.25, -0.2) is 0 Å². The number of piperidine rings is 1. The number of methoxy groups -OCH3 is 1. The molecule has 1 aromatic heterocycles. The Labute approximate surface area is 207 Å². The van der Waals surface area contributed by atoms with Crippen LogP contribution in [-0.4, -0.2) is 60.3 Å². The highest BCUT2D eigenvalue weighted by molar-refractivity contribution is 8.14. The largest absolute Gasteiger partial charge is 0.373 e. The number of benzene rings is 1. The van der Waals surface area contributed by atoms with Crippen molar-refractivity contribution in [1.82, 2.24) is 10.1 Å². The zero-order valence-electron chi connectivity index (χ0n) is 18.5. The van der Waals surface area contributed by atoms with Gasteiger partial charge in [0.15, 0.2) is 5.17 Å². The molecule has 2 aliphatic heterocycles. The molecular weight excluding hydrogens is 485 g/mol. The third-order valence-electron chi connectivity index (χ3n) is 6.13. The molecule has 1 saturated heterocycles. The molecule has 1 saturated carbocycles. The molecule has 178 valence electrons. The van der Waals surface area contributed by atoms with E-state index in [0.29, 0.717) is 47.2 Å². The lowest BCUT2D eigenvalue weighted by Gasteiger charge is -2.33. The first-order valence-electron chi connectivity index (χ1n) is 11.2. The number of halogens is 2. The molecule has 1 aromatic carbocycles. The zero-order chi connectivity index (χ0) is 22.8. The van der Waals surface area contributed by atoms with Crippen molar-refractivity contribution in [3.8, 4) is 11.3 Å². The number of amidine groups is 1. The van der Waals surface area contributed by atoms with Crippen molar-refractivity contribution >= 4 is 40.1 Å². The lowest BCUT2D eigenvalue weighted by molar-refractivity contribution is -0.0379. The SMILES string of the molecule is COCOC1CN=C(N2CCC(OCc3c(-c4c(Cl)cccc4Cl)noc3C3CC3)CC2)S1. The van der Waals surface area contributed by atoms with Crippen LogP contribution in [0, 0.1) is 0 Å². The summed E-state index contributed by atoms with van der Waals surface area (Å²) in [5.74, 6) is 1.33. The van der Waals surface area contributed by atoms with Gasteiger partial charge in [0.2, 0.25) is 0 Å². The maximum atomic E-state index is 6.46. The van der Waals surface area contributed by atoms with Gasteiger partial charge in [-0.3, -0.25) is 4.99 Å². The minimum absolute atomic E-state index is 0.0402. The van der Waals surface area contributed by atoms with Crippen molar-refractivity contribution in [2.75, 3.05) is 33.5 Å². The van der Waals surface area contributed by atoms with Crippen LogP contribution in [0.5, 0.6) is 0 Å². The van der Waals surface area contributed by atoms with Crippen molar-refractivity contribution in [2.24, 2.45) is 4.99 Å². The predicted octanol–water partition coefficient (Wildman–Crippen LogP) is 5.56. The summed E-state index contributed by atoms with van der Waals surface area (Å²) in [5, 5.41) is 6.54. The molecular formula is C23H27Cl2N3O4S. The Hall–Kier alpha value is -1.29. The van der Waals surface area contributed by atoms with E-state index < -0.39 is 0 Å². The van der Waals surface area contributed by atoms with Crippen LogP contribution in [0.3, 0.4) is 0 Å². The number of aliphatic imine (C=N–C) groups is 1. The van der Waals surface area contributed by atoms with Crippen LogP contribution in [0.15, 0.2) is 27.7 Å². The van der Waals surface area contributed by atoms with Gasteiger partial charge in [-0.1, -0.05) is 46.2 Å². The Bertz CT molecular complexity index is 985. The summed E-state index contributed by atoms with van der Waals surface area (Å²) in [6, 6.07) is 5.48. The van der Waals surface area contributed by atoms with Gasteiger partial charge >= 0.3 is 0 Å². The molecule has 1 unspecified atom stereocenters. The van der Waals surface area contributed by atoms with E-state index in [-0.39, 0.29) is 11.5 Å². The van der Waals surface area contributed by atoms with Crippen molar-refractivity contribution in [2.45, 2.75) is 49.7 Å². The Balaban J connectivity index is 1.20. The zero-order valence-corrected chi connectivity index (χ0v) is 20.8. The number of aromatic nitrogens is 1. The van der Waals surface area contributed by atoms with Crippen LogP contribution < -0.4 is 0 Å². The van der Waals surface area contributed by atoms with Crippen molar-refractivity contribution < 1.29 is 18.7 Å². The summed E-state index contributed by atoms with van der Waals surface area (Å²) < 4.78 is 22.7. The first kappa shape index (κ1) is 23.5. The van der Waals surface area contributed by atoms with Crippen LogP contribution in [-0.2, 0) is 20.8 Å². The lowest BCUT2D eigenvalue weighted by Crippen LogP contribution is -2.39. The number of nitrogens with zero attached hydrogens (tertiary/aromatic N) is 3. The third kappa shape index (κ3) is 5.36. The Morgan fingerprint density at radius 1 is 1.12 bits per heavy atom. The second-order valence-corrected chi connectivity index (χ2v) is 10.4. The van der Waals surface area contributed by atoms with E-state index in [1.807, 2.05) is 18.2 Å². The number of thioether (sulfide) groups is 1. The van der Waals surface area contributed by atoms with E-state index in [2.05, 4.69) is 15.0 Å². The number of likely N-dealkylation sites (tertiary alicyclic amines) is 1. The molecule has 0 N–H and O–H groups in total. The molecule has 0 spiro atoms. The minimum atomic E-state index is 0.0402. The van der Waals surface area contributed by atoms with Gasteiger partial charge in [0, 0.05) is 37.2 Å². The van der Waals surface area contributed by atoms with E-state index in [1.54, 1.807) is 18.9 Å². The number of hydrogen-bond donors (Lipinski definition) is 0. The molecule has 1 aliphatic carbocycles. The van der Waals surface area contributed by atoms with Crippen LogP contribution in [0.25, 0.3) is 11.3 Å². The van der Waals surface area contributed by atoms with E-state index >= 15 is 0 Å². The highest BCUT2D eigenvalue weighted by Crippen LogP contribution is 2.46. The summed E-state index contributed by atoms with van der Waals surface area (Å²) in [6.45, 7) is 3.24. The van der Waals surface area contributed by atoms with Crippen LogP contribution in [0.4, 0.5) is 0 Å². The van der Waals surface area contributed by atoms with Gasteiger partial charge in [0.25, 0.3) is 0 Å². The number of rotatable bonds is 8. The van der Waals surface area contributed by atoms with Gasteiger partial charge in [-0.2, -0.15) is 0 Å². The molecule has 1 atom stereocenters. The van der Waals surface area contributed by atoms with Crippen molar-refractivity contribution in [1.29, 1.82) is 0 Å². The Kier molecular flexibility index (Phi) is 7.49. The van der Waals surface area contributed by atoms with Crippen molar-refractivity contribution in [3.63, 3.8) is 0 Å². The molecule has 10 heteroatoms. The topological polar surface area (TPSA) is 69.3 Å². The molecule has 0 radical (unpaired) electrons. The lowest BCUT2D eigenvalue weighted by atomic mass is 10.0. The summed E-state index contributed by atoms with van der Waals surface area (Å²) in [6.07, 6.45) is 4.28. The van der Waals surface area contributed by atoms with Crippen molar-refractivity contribution in [3.05, 3.63) is 39.6 Å². The molecule has 2 aromatic rings. The molecule has 0 bridgehead atoms. The third-order valence-corrected chi connectivity index (χ3v) is 7.90. The van der Waals surface area contributed by atoms with Crippen LogP contribution in [0.2, 0.25) is 10.0 Å². The maximum absolute atomic E-state index is 6.46. The average molecular weight is 512 g/mol. The van der Waals surface area contributed by atoms with Gasteiger partial charge < -0.3 is 23.6 Å². The summed E-state index contributed by atoms with van der Waals surface area (Å²) in [4.78, 5) is 6.97. The predicted molar refractivity (Wildman–Crippen MR) is 130 cm³/mol. The van der Waals surface area contributed by atoms with Crippen LogP contribution in [0.1, 0.15) is 42.9 Å². The second kappa shape index (κ2) is 10.5. The Morgan fingerprint density at radius 2 is 1.88 bits per heavy atom. The second-order valence-electron chi connectivity index (χ2n) is 8.49. The quantitative estimate of drug-likeness (QED) is 0.429. The maximum Gasteiger partial charge on any atom is 0.161 e. The molecule has 2 fully saturated rings. The van der Waals surface area contributed by atoms with Gasteiger partial charge in [-0.05, 0) is 37.8 Å². The van der Waals surface area contributed by atoms with Gasteiger partial charge in [-0.15, -0.1) is 0 Å². The standard InChI is InChI=1S/C23H27Cl2N3O4S/c1-29-13-31-19-11-26-23(33-19)28-9-7-15(8-10-28)30-12-16-21(27-32-22(16)14-5-6-14)20-17(24)3-2-4-18(20)25/h2-4,14-15,19H,5-13H2,1H3. The molecule has 3 heterocycles. The number of hydrogen-bond acceptors (Lipinski definition) is 8. The summed E-state index contributed by atoms with van der Waals surface area (Å²) in [5.41, 5.74) is 2.43. The van der Waals surface area contributed by atoms with E-state index in [9.17, 15) is 0 Å². The monoisotopic (exact) mass is 511 g/mol. The van der Waals surface area contributed by atoms with Gasteiger partial charge in [0.1, 0.15) is 23.7 Å². The smallest absolute Gasteiger partial charge is 0.161 e. The van der Waals surface area contributed by atoms with E-state index in [1.165, 1.54) is 0 Å². The highest BCUT2D eigenvalue weighted by Gasteiger charge is 2.34. The number of ether oxygens (including phenoxy) is 3. The normalized spacial score (nSPS) is 21.6. The van der Waals surface area contributed by atoms with Crippen LogP contribution >= 0.6 is 35.0 Å². The van der Waals surface area contributed by atoms with E-state index in [0.717, 1.165) is 55.3 Å². The molecule has 33 heavy (non-hydrogen) atoms. The first-order chi connectivity index (χ1) is 16.1. The summed E-state index contributed by atoms with van der Waals surface area (Å²) >= 11 is 14.6. The van der Waals surface area contributed by atoms with E-state index in [4.69, 9.17) is 41.9 Å². The molecule has 3 aliphatic rings. The first-order valence-corrected chi connectivity index (χ1v) is 12.9. The fourth-order valence-corrected chi connectivity index (χ4v) is 5.78. The fourth-order valence-electron chi connectivity index (χ4n) is 4.21. The van der Waals surface area contributed by atoms with Gasteiger partial charge in [0.05, 0.1) is 29.3 Å².